The topological polar surface area (TPSA) is 64.9 Å². The molecule has 3 rings (SSSR count). The normalized spacial score (nSPS) is 20.1. The van der Waals surface area contributed by atoms with Crippen LogP contribution in [0.15, 0.2) is 36.0 Å². The van der Waals surface area contributed by atoms with Gasteiger partial charge in [0, 0.05) is 17.5 Å². The van der Waals surface area contributed by atoms with Crippen LogP contribution < -0.4 is 10.6 Å². The molecule has 20 heavy (non-hydrogen) atoms. The molecule has 4 heteroatoms. The van der Waals surface area contributed by atoms with Crippen LogP contribution in [-0.4, -0.2) is 12.5 Å². The van der Waals surface area contributed by atoms with Gasteiger partial charge in [0.2, 0.25) is 5.91 Å². The Labute approximate surface area is 118 Å². The summed E-state index contributed by atoms with van der Waals surface area (Å²) in [6, 6.07) is 10.5. The lowest BCUT2D eigenvalue weighted by atomic mass is 9.80. The fourth-order valence-corrected chi connectivity index (χ4v) is 3.02. The first kappa shape index (κ1) is 12.7. The van der Waals surface area contributed by atoms with Crippen molar-refractivity contribution >= 4 is 11.6 Å². The lowest BCUT2D eigenvalue weighted by molar-refractivity contribution is -0.115. The molecule has 2 N–H and O–H groups in total. The Morgan fingerprint density at radius 1 is 1.20 bits per heavy atom. The van der Waals surface area contributed by atoms with Crippen LogP contribution in [0.25, 0.3) is 0 Å². The molecule has 1 aliphatic carbocycles. The molecule has 1 fully saturated rings. The third-order valence-electron chi connectivity index (χ3n) is 4.17. The van der Waals surface area contributed by atoms with Gasteiger partial charge in [-0.3, -0.25) is 4.79 Å². The maximum absolute atomic E-state index is 11.1. The van der Waals surface area contributed by atoms with Crippen LogP contribution in [0.2, 0.25) is 0 Å². The van der Waals surface area contributed by atoms with Gasteiger partial charge in [-0.2, -0.15) is 5.26 Å². The number of carbonyl (C=O) groups is 1. The van der Waals surface area contributed by atoms with Crippen LogP contribution in [0.3, 0.4) is 0 Å². The van der Waals surface area contributed by atoms with Gasteiger partial charge in [0.25, 0.3) is 0 Å². The number of nitrogens with one attached hydrogen (secondary N) is 2. The van der Waals surface area contributed by atoms with Gasteiger partial charge in [-0.1, -0.05) is 25.0 Å². The van der Waals surface area contributed by atoms with Gasteiger partial charge >= 0.3 is 0 Å². The summed E-state index contributed by atoms with van der Waals surface area (Å²) in [4.78, 5) is 11.1. The third kappa shape index (κ3) is 2.27. The van der Waals surface area contributed by atoms with E-state index < -0.39 is 0 Å². The van der Waals surface area contributed by atoms with Gasteiger partial charge in [-0.05, 0) is 30.5 Å². The molecule has 0 spiro atoms. The van der Waals surface area contributed by atoms with Crippen LogP contribution in [0.5, 0.6) is 0 Å². The number of hydrogen-bond acceptors (Lipinski definition) is 3. The van der Waals surface area contributed by atoms with Crippen molar-refractivity contribution in [3.8, 4) is 6.07 Å². The van der Waals surface area contributed by atoms with Gasteiger partial charge in [-0.15, -0.1) is 0 Å². The molecule has 1 aromatic carbocycles. The summed E-state index contributed by atoms with van der Waals surface area (Å²) in [5.74, 6) is -0.0569. The monoisotopic (exact) mass is 267 g/mol. The molecule has 2 aliphatic rings. The van der Waals surface area contributed by atoms with Crippen molar-refractivity contribution in [3.63, 3.8) is 0 Å². The standard InChI is InChI=1S/C16H17N3O/c17-11-16(7-1-2-8-16)12-3-5-13(6-4-12)19-14-9-15(20)18-10-14/h3-6,9,19H,1-2,7-8,10H2,(H,18,20). The SMILES string of the molecule is N#CC1(c2ccc(NC3=CC(=O)NC3)cc2)CCCC1. The van der Waals surface area contributed by atoms with Crippen molar-refractivity contribution in [3.05, 3.63) is 41.6 Å². The largest absolute Gasteiger partial charge is 0.357 e. The van der Waals surface area contributed by atoms with E-state index >= 15 is 0 Å². The Morgan fingerprint density at radius 2 is 1.90 bits per heavy atom. The molecule has 1 aliphatic heterocycles. The first-order valence-electron chi connectivity index (χ1n) is 6.99. The molecule has 0 aromatic heterocycles. The van der Waals surface area contributed by atoms with E-state index in [4.69, 9.17) is 0 Å². The Bertz CT molecular complexity index is 589. The molecular weight excluding hydrogens is 250 g/mol. The zero-order valence-corrected chi connectivity index (χ0v) is 11.3. The molecular formula is C16H17N3O. The lowest BCUT2D eigenvalue weighted by Crippen LogP contribution is -2.19. The van der Waals surface area contributed by atoms with Crippen LogP contribution in [0.1, 0.15) is 31.2 Å². The number of benzene rings is 1. The molecule has 1 saturated carbocycles. The zero-order valence-electron chi connectivity index (χ0n) is 11.3. The van der Waals surface area contributed by atoms with E-state index in [0.29, 0.717) is 6.54 Å². The van der Waals surface area contributed by atoms with E-state index in [1.54, 1.807) is 6.08 Å². The summed E-state index contributed by atoms with van der Waals surface area (Å²) in [6.07, 6.45) is 5.75. The average Bonchev–Trinajstić information content (AvgIpc) is 3.10. The predicted octanol–water partition coefficient (Wildman–Crippen LogP) is 2.45. The highest BCUT2D eigenvalue weighted by atomic mass is 16.1. The van der Waals surface area contributed by atoms with Crippen LogP contribution >= 0.6 is 0 Å². The number of rotatable bonds is 3. The van der Waals surface area contributed by atoms with E-state index in [0.717, 1.165) is 42.6 Å². The van der Waals surface area contributed by atoms with Crippen molar-refractivity contribution in [1.82, 2.24) is 5.32 Å². The second-order valence-corrected chi connectivity index (χ2v) is 5.49. The van der Waals surface area contributed by atoms with Crippen molar-refractivity contribution in [2.75, 3.05) is 11.9 Å². The van der Waals surface area contributed by atoms with Crippen molar-refractivity contribution in [2.45, 2.75) is 31.1 Å². The lowest BCUT2D eigenvalue weighted by Gasteiger charge is -2.21. The number of nitriles is 1. The molecule has 0 unspecified atom stereocenters. The molecule has 1 aromatic rings. The number of nitrogens with zero attached hydrogens (tertiary/aromatic N) is 1. The maximum atomic E-state index is 11.1. The summed E-state index contributed by atoms with van der Waals surface area (Å²) in [5, 5.41) is 15.4. The van der Waals surface area contributed by atoms with Crippen molar-refractivity contribution < 1.29 is 4.79 Å². The highest BCUT2D eigenvalue weighted by Crippen LogP contribution is 2.40. The zero-order chi connectivity index (χ0) is 14.0. The average molecular weight is 267 g/mol. The molecule has 1 heterocycles. The first-order valence-corrected chi connectivity index (χ1v) is 6.99. The summed E-state index contributed by atoms with van der Waals surface area (Å²) in [6.45, 7) is 0.544. The minimum atomic E-state index is -0.289. The van der Waals surface area contributed by atoms with E-state index in [-0.39, 0.29) is 11.3 Å². The van der Waals surface area contributed by atoms with E-state index in [2.05, 4.69) is 16.7 Å². The number of carbonyl (C=O) groups excluding carboxylic acids is 1. The summed E-state index contributed by atoms with van der Waals surface area (Å²) >= 11 is 0. The smallest absolute Gasteiger partial charge is 0.246 e. The number of amides is 1. The number of hydrogen-bond donors (Lipinski definition) is 2. The van der Waals surface area contributed by atoms with Crippen LogP contribution in [0.4, 0.5) is 5.69 Å². The van der Waals surface area contributed by atoms with E-state index in [1.165, 1.54) is 0 Å². The third-order valence-corrected chi connectivity index (χ3v) is 4.17. The molecule has 4 nitrogen and oxygen atoms in total. The molecule has 0 radical (unpaired) electrons. The Morgan fingerprint density at radius 3 is 2.45 bits per heavy atom. The molecule has 0 atom stereocenters. The fourth-order valence-electron chi connectivity index (χ4n) is 3.02. The minimum Gasteiger partial charge on any atom is -0.357 e. The van der Waals surface area contributed by atoms with Crippen molar-refractivity contribution in [2.24, 2.45) is 0 Å². The second-order valence-electron chi connectivity index (χ2n) is 5.49. The second kappa shape index (κ2) is 5.01. The highest BCUT2D eigenvalue weighted by Gasteiger charge is 2.35. The first-order chi connectivity index (χ1) is 9.72. The summed E-state index contributed by atoms with van der Waals surface area (Å²) in [5.41, 5.74) is 2.64. The van der Waals surface area contributed by atoms with Gasteiger partial charge < -0.3 is 10.6 Å². The van der Waals surface area contributed by atoms with Gasteiger partial charge in [0.15, 0.2) is 0 Å². The van der Waals surface area contributed by atoms with Crippen LogP contribution in [-0.2, 0) is 10.2 Å². The maximum Gasteiger partial charge on any atom is 0.246 e. The molecule has 0 bridgehead atoms. The van der Waals surface area contributed by atoms with Gasteiger partial charge in [0.1, 0.15) is 0 Å². The number of anilines is 1. The van der Waals surface area contributed by atoms with E-state index in [9.17, 15) is 10.1 Å². The Kier molecular flexibility index (Phi) is 3.19. The summed E-state index contributed by atoms with van der Waals surface area (Å²) in [7, 11) is 0. The molecule has 0 saturated heterocycles. The van der Waals surface area contributed by atoms with Crippen molar-refractivity contribution in [1.29, 1.82) is 5.26 Å². The van der Waals surface area contributed by atoms with E-state index in [1.807, 2.05) is 24.3 Å². The fraction of sp³-hybridized carbons (Fsp3) is 0.375. The molecule has 102 valence electrons. The Balaban J connectivity index is 1.76. The van der Waals surface area contributed by atoms with Gasteiger partial charge in [-0.25, -0.2) is 0 Å². The Hall–Kier alpha value is -2.28. The minimum absolute atomic E-state index is 0.0569. The van der Waals surface area contributed by atoms with Gasteiger partial charge in [0.05, 0.1) is 18.0 Å². The molecule has 1 amide bonds. The predicted molar refractivity (Wildman–Crippen MR) is 76.9 cm³/mol. The van der Waals surface area contributed by atoms with Crippen LogP contribution in [0, 0.1) is 11.3 Å². The quantitative estimate of drug-likeness (QED) is 0.884. The highest BCUT2D eigenvalue weighted by molar-refractivity contribution is 5.91. The summed E-state index contributed by atoms with van der Waals surface area (Å²) < 4.78 is 0.